The van der Waals surface area contributed by atoms with Crippen LogP contribution in [0.3, 0.4) is 0 Å². The van der Waals surface area contributed by atoms with Gasteiger partial charge in [0.15, 0.2) is 0 Å². The van der Waals surface area contributed by atoms with Crippen LogP contribution in [0.15, 0.2) is 47.7 Å². The minimum Gasteiger partial charge on any atom is -0.405 e. The summed E-state index contributed by atoms with van der Waals surface area (Å²) in [7, 11) is 1.56. The molecule has 1 aliphatic heterocycles. The van der Waals surface area contributed by atoms with Crippen molar-refractivity contribution in [3.05, 3.63) is 58.8 Å². The molecular weight excluding hydrogens is 447 g/mol. The van der Waals surface area contributed by atoms with Crippen molar-refractivity contribution in [1.82, 2.24) is 14.5 Å². The fourth-order valence-electron chi connectivity index (χ4n) is 4.56. The number of rotatable bonds is 4. The molecule has 0 atom stereocenters. The zero-order chi connectivity index (χ0) is 24.6. The van der Waals surface area contributed by atoms with Gasteiger partial charge in [-0.2, -0.15) is 0 Å². The normalized spacial score (nSPS) is 15.2. The van der Waals surface area contributed by atoms with Gasteiger partial charge in [0.1, 0.15) is 5.75 Å². The number of aryl methyl sites for hydroxylation is 1. The van der Waals surface area contributed by atoms with Crippen molar-refractivity contribution in [3.63, 3.8) is 0 Å². The zero-order valence-corrected chi connectivity index (χ0v) is 19.2. The third-order valence-corrected chi connectivity index (χ3v) is 6.50. The lowest BCUT2D eigenvalue weighted by Crippen LogP contribution is -2.39. The predicted octanol–water partition coefficient (Wildman–Crippen LogP) is 5.01. The number of benzene rings is 1. The molecule has 3 aromatic rings. The van der Waals surface area contributed by atoms with Crippen molar-refractivity contribution in [2.75, 3.05) is 13.1 Å². The van der Waals surface area contributed by atoms with Crippen LogP contribution in [0.5, 0.6) is 5.75 Å². The second kappa shape index (κ2) is 9.12. The van der Waals surface area contributed by atoms with E-state index in [-0.39, 0.29) is 11.1 Å². The molecule has 1 aromatic carbocycles. The Hall–Kier alpha value is -3.36. The van der Waals surface area contributed by atoms with E-state index >= 15 is 0 Å². The molecule has 0 aliphatic carbocycles. The summed E-state index contributed by atoms with van der Waals surface area (Å²) in [5, 5.41) is 0.889. The number of alkyl halides is 3. The van der Waals surface area contributed by atoms with Crippen LogP contribution in [0.4, 0.5) is 13.2 Å². The van der Waals surface area contributed by atoms with Crippen molar-refractivity contribution in [3.8, 4) is 16.9 Å². The minimum absolute atomic E-state index is 0.139. The summed E-state index contributed by atoms with van der Waals surface area (Å²) in [4.78, 5) is 31.2. The van der Waals surface area contributed by atoms with Gasteiger partial charge in [-0.1, -0.05) is 19.9 Å². The smallest absolute Gasteiger partial charge is 0.405 e. The van der Waals surface area contributed by atoms with Crippen LogP contribution in [0.1, 0.15) is 37.0 Å². The number of piperidine rings is 1. The van der Waals surface area contributed by atoms with Gasteiger partial charge in [-0.15, -0.1) is 13.2 Å². The molecule has 0 bridgehead atoms. The molecule has 0 radical (unpaired) electrons. The van der Waals surface area contributed by atoms with E-state index < -0.39 is 18.0 Å². The van der Waals surface area contributed by atoms with E-state index in [9.17, 15) is 22.8 Å². The number of amides is 1. The SMILES string of the molecule is CC(C)C1CCN(C(=O)c2ccc(-c3cn(C)c(=O)c4cnccc34)cc2OC(F)(F)F)CC1. The Labute approximate surface area is 195 Å². The van der Waals surface area contributed by atoms with Gasteiger partial charge in [0, 0.05) is 44.3 Å². The van der Waals surface area contributed by atoms with Crippen molar-refractivity contribution < 1.29 is 22.7 Å². The first-order valence-electron chi connectivity index (χ1n) is 11.2. The van der Waals surface area contributed by atoms with Crippen molar-refractivity contribution >= 4 is 16.7 Å². The van der Waals surface area contributed by atoms with Gasteiger partial charge in [0.25, 0.3) is 11.5 Å². The van der Waals surface area contributed by atoms with Gasteiger partial charge in [-0.3, -0.25) is 14.6 Å². The standard InChI is InChI=1S/C25H26F3N3O3/c1-15(2)16-7-10-31(11-8-16)24(33)19-5-4-17(12-22(19)34-25(26,27)28)21-14-30(3)23(32)20-13-29-9-6-18(20)21/h4-6,9,12-16H,7-8,10-11H2,1-3H3. The second-order valence-corrected chi connectivity index (χ2v) is 9.01. The Morgan fingerprint density at radius 1 is 1.15 bits per heavy atom. The van der Waals surface area contributed by atoms with Crippen LogP contribution < -0.4 is 10.3 Å². The van der Waals surface area contributed by atoms with E-state index in [0.29, 0.717) is 46.8 Å². The number of hydrogen-bond donors (Lipinski definition) is 0. The van der Waals surface area contributed by atoms with Crippen molar-refractivity contribution in [2.24, 2.45) is 18.9 Å². The maximum Gasteiger partial charge on any atom is 0.573 e. The summed E-state index contributed by atoms with van der Waals surface area (Å²) >= 11 is 0. The van der Waals surface area contributed by atoms with E-state index in [1.54, 1.807) is 30.3 Å². The molecule has 6 nitrogen and oxygen atoms in total. The van der Waals surface area contributed by atoms with Crippen molar-refractivity contribution in [2.45, 2.75) is 33.1 Å². The molecule has 34 heavy (non-hydrogen) atoms. The molecule has 0 saturated carbocycles. The molecule has 2 aromatic heterocycles. The molecular formula is C25H26F3N3O3. The maximum absolute atomic E-state index is 13.3. The zero-order valence-electron chi connectivity index (χ0n) is 19.2. The molecule has 1 amide bonds. The largest absolute Gasteiger partial charge is 0.573 e. The molecule has 4 rings (SSSR count). The van der Waals surface area contributed by atoms with Crippen LogP contribution in [0.2, 0.25) is 0 Å². The number of carbonyl (C=O) groups is 1. The number of ether oxygens (including phenoxy) is 1. The van der Waals surface area contributed by atoms with Crippen LogP contribution in [0, 0.1) is 11.8 Å². The third-order valence-electron chi connectivity index (χ3n) is 6.50. The summed E-state index contributed by atoms with van der Waals surface area (Å²) < 4.78 is 45.5. The quantitative estimate of drug-likeness (QED) is 0.535. The highest BCUT2D eigenvalue weighted by atomic mass is 19.4. The average Bonchev–Trinajstić information content (AvgIpc) is 2.80. The van der Waals surface area contributed by atoms with Gasteiger partial charge in [-0.05, 0) is 53.8 Å². The van der Waals surface area contributed by atoms with Crippen molar-refractivity contribution in [1.29, 1.82) is 0 Å². The Kier molecular flexibility index (Phi) is 6.38. The minimum atomic E-state index is -4.96. The Bertz CT molecular complexity index is 1280. The van der Waals surface area contributed by atoms with Crippen LogP contribution >= 0.6 is 0 Å². The summed E-state index contributed by atoms with van der Waals surface area (Å²) in [6, 6.07) is 5.79. The molecule has 180 valence electrons. The van der Waals surface area contributed by atoms with Crippen LogP contribution in [-0.2, 0) is 7.05 Å². The molecule has 1 fully saturated rings. The third kappa shape index (κ3) is 4.78. The predicted molar refractivity (Wildman–Crippen MR) is 123 cm³/mol. The Morgan fingerprint density at radius 3 is 2.50 bits per heavy atom. The first-order chi connectivity index (χ1) is 16.0. The lowest BCUT2D eigenvalue weighted by Gasteiger charge is -2.34. The highest BCUT2D eigenvalue weighted by molar-refractivity contribution is 6.00. The van der Waals surface area contributed by atoms with E-state index in [1.165, 1.54) is 29.1 Å². The monoisotopic (exact) mass is 473 g/mol. The van der Waals surface area contributed by atoms with Crippen LogP contribution in [0.25, 0.3) is 21.9 Å². The van der Waals surface area contributed by atoms with Gasteiger partial charge >= 0.3 is 6.36 Å². The molecule has 0 spiro atoms. The van der Waals surface area contributed by atoms with Crippen LogP contribution in [-0.4, -0.2) is 39.8 Å². The van der Waals surface area contributed by atoms with Gasteiger partial charge in [-0.25, -0.2) is 0 Å². The van der Waals surface area contributed by atoms with E-state index in [2.05, 4.69) is 23.6 Å². The average molecular weight is 473 g/mol. The number of nitrogens with zero attached hydrogens (tertiary/aromatic N) is 3. The molecule has 0 unspecified atom stereocenters. The van der Waals surface area contributed by atoms with Gasteiger partial charge < -0.3 is 14.2 Å². The van der Waals surface area contributed by atoms with Gasteiger partial charge in [0.05, 0.1) is 10.9 Å². The Morgan fingerprint density at radius 2 is 1.85 bits per heavy atom. The van der Waals surface area contributed by atoms with Gasteiger partial charge in [0.2, 0.25) is 0 Å². The second-order valence-electron chi connectivity index (χ2n) is 9.01. The number of hydrogen-bond acceptors (Lipinski definition) is 4. The summed E-state index contributed by atoms with van der Waals surface area (Å²) in [6.07, 6.45) is 1.15. The topological polar surface area (TPSA) is 64.4 Å². The molecule has 0 N–H and O–H groups in total. The number of likely N-dealkylation sites (tertiary alicyclic amines) is 1. The Balaban J connectivity index is 1.76. The fourth-order valence-corrected chi connectivity index (χ4v) is 4.56. The molecule has 9 heteroatoms. The highest BCUT2D eigenvalue weighted by Crippen LogP contribution is 2.35. The molecule has 3 heterocycles. The first-order valence-corrected chi connectivity index (χ1v) is 11.2. The summed E-state index contributed by atoms with van der Waals surface area (Å²) in [5.74, 6) is -0.0584. The maximum atomic E-state index is 13.3. The number of carbonyl (C=O) groups excluding carboxylic acids is 1. The number of fused-ring (bicyclic) bond motifs is 1. The summed E-state index contributed by atoms with van der Waals surface area (Å²) in [5.41, 5.74) is 0.513. The fraction of sp³-hybridized carbons (Fsp3) is 0.400. The highest BCUT2D eigenvalue weighted by Gasteiger charge is 2.34. The number of pyridine rings is 2. The first kappa shape index (κ1) is 23.8. The lowest BCUT2D eigenvalue weighted by molar-refractivity contribution is -0.274. The number of aromatic nitrogens is 2. The van der Waals surface area contributed by atoms with E-state index in [4.69, 9.17) is 0 Å². The lowest BCUT2D eigenvalue weighted by atomic mass is 9.86. The van der Waals surface area contributed by atoms with E-state index in [0.717, 1.165) is 12.8 Å². The molecule has 1 aliphatic rings. The molecule has 1 saturated heterocycles. The number of halogens is 3. The summed E-state index contributed by atoms with van der Waals surface area (Å²) in [6.45, 7) is 5.26. The van der Waals surface area contributed by atoms with E-state index in [1.807, 2.05) is 0 Å².